The molecule has 21 heteroatoms. The highest BCUT2D eigenvalue weighted by Crippen LogP contribution is 2.24. The number of aliphatic hydroxyl groups excluding tert-OH is 3. The maximum Gasteiger partial charge on any atom is 0.404 e. The summed E-state index contributed by atoms with van der Waals surface area (Å²) in [5, 5.41) is 48.1. The Morgan fingerprint density at radius 3 is 2.30 bits per heavy atom. The molecule has 2 aliphatic heterocycles. The molecule has 1 saturated heterocycles. The van der Waals surface area contributed by atoms with E-state index in [4.69, 9.17) is 32.4 Å². The number of amides is 2. The molecule has 238 valence electrons. The number of guanidine groups is 1. The van der Waals surface area contributed by atoms with Gasteiger partial charge in [0, 0.05) is 19.0 Å². The normalized spacial score (nSPS) is 28.4. The van der Waals surface area contributed by atoms with E-state index < -0.39 is 79.4 Å². The molecule has 0 aromatic rings. The maximum atomic E-state index is 12.6. The second-order valence-electron chi connectivity index (χ2n) is 8.54. The average molecular weight is 666 g/mol. The predicted octanol–water partition coefficient (Wildman–Crippen LogP) is -4.15. The van der Waals surface area contributed by atoms with E-state index in [-0.39, 0.29) is 68.6 Å². The van der Waals surface area contributed by atoms with Crippen LogP contribution >= 0.6 is 49.6 Å². The SMILES string of the molecule is Cl.Cl.Cl.Cl.NCCCC(N)CC(=O)N[C@@H]1[C@@H](O)[C@H](OC(N)=O)[C@@H](CO)O[C@H]1NC1=N[C@H](C(=O)O)C(C(O)CN)N1. The van der Waals surface area contributed by atoms with Gasteiger partial charge < -0.3 is 68.8 Å². The highest BCUT2D eigenvalue weighted by molar-refractivity contribution is 5.89. The van der Waals surface area contributed by atoms with Crippen molar-refractivity contribution < 1.29 is 44.3 Å². The maximum absolute atomic E-state index is 12.6. The van der Waals surface area contributed by atoms with Crippen LogP contribution in [0.5, 0.6) is 0 Å². The van der Waals surface area contributed by atoms with Gasteiger partial charge in [0.05, 0.1) is 18.8 Å². The van der Waals surface area contributed by atoms with Crippen molar-refractivity contribution in [1.29, 1.82) is 0 Å². The van der Waals surface area contributed by atoms with Crippen molar-refractivity contribution in [3.63, 3.8) is 0 Å². The first-order chi connectivity index (χ1) is 17.0. The molecule has 2 rings (SSSR count). The zero-order chi connectivity index (χ0) is 27.0. The molecule has 0 aromatic carbocycles. The van der Waals surface area contributed by atoms with Crippen LogP contribution in [0, 0.1) is 0 Å². The lowest BCUT2D eigenvalue weighted by Gasteiger charge is -2.44. The Balaban J connectivity index is -0.00000342. The number of rotatable bonds is 12. The molecule has 15 N–H and O–H groups in total. The first kappa shape index (κ1) is 42.8. The van der Waals surface area contributed by atoms with Gasteiger partial charge >= 0.3 is 12.1 Å². The van der Waals surface area contributed by atoms with E-state index in [1.165, 1.54) is 0 Å². The third kappa shape index (κ3) is 11.7. The van der Waals surface area contributed by atoms with E-state index in [2.05, 4.69) is 20.9 Å². The van der Waals surface area contributed by atoms with Crippen LogP contribution in [0.1, 0.15) is 19.3 Å². The van der Waals surface area contributed by atoms with Crippen molar-refractivity contribution in [2.45, 2.75) is 74.1 Å². The number of aliphatic hydroxyl groups is 3. The minimum absolute atomic E-state index is 0. The van der Waals surface area contributed by atoms with Crippen molar-refractivity contribution in [2.24, 2.45) is 27.9 Å². The number of primary amides is 1. The number of nitrogens with two attached hydrogens (primary N) is 4. The van der Waals surface area contributed by atoms with Crippen LogP contribution in [-0.4, -0.2) is 119 Å². The minimum Gasteiger partial charge on any atom is -0.480 e. The summed E-state index contributed by atoms with van der Waals surface area (Å²) in [7, 11) is 0. The first-order valence-electron chi connectivity index (χ1n) is 11.4. The molecule has 0 saturated carbocycles. The van der Waals surface area contributed by atoms with Crippen molar-refractivity contribution >= 4 is 73.6 Å². The van der Waals surface area contributed by atoms with Crippen LogP contribution in [0.3, 0.4) is 0 Å². The zero-order valence-electron chi connectivity index (χ0n) is 21.2. The molecule has 0 aromatic heterocycles. The van der Waals surface area contributed by atoms with E-state index in [0.717, 1.165) is 0 Å². The van der Waals surface area contributed by atoms with Gasteiger partial charge in [-0.3, -0.25) is 4.79 Å². The number of carboxylic acid groups (broad SMARTS) is 1. The summed E-state index contributed by atoms with van der Waals surface area (Å²) < 4.78 is 10.6. The van der Waals surface area contributed by atoms with Crippen molar-refractivity contribution in [3.05, 3.63) is 0 Å². The summed E-state index contributed by atoms with van der Waals surface area (Å²) in [6, 6.07) is -4.28. The summed E-state index contributed by atoms with van der Waals surface area (Å²) in [5.74, 6) is -2.04. The summed E-state index contributed by atoms with van der Waals surface area (Å²) in [6.45, 7) is -0.549. The average Bonchev–Trinajstić information content (AvgIpc) is 3.25. The lowest BCUT2D eigenvalue weighted by atomic mass is 9.95. The van der Waals surface area contributed by atoms with Gasteiger partial charge in [-0.15, -0.1) is 49.6 Å². The summed E-state index contributed by atoms with van der Waals surface area (Å²) in [5.41, 5.74) is 21.9. The summed E-state index contributed by atoms with van der Waals surface area (Å²) >= 11 is 0. The van der Waals surface area contributed by atoms with Crippen LogP contribution in [0.15, 0.2) is 4.99 Å². The van der Waals surface area contributed by atoms with Gasteiger partial charge in [-0.25, -0.2) is 14.6 Å². The van der Waals surface area contributed by atoms with Gasteiger partial charge in [0.1, 0.15) is 18.2 Å². The van der Waals surface area contributed by atoms with Crippen molar-refractivity contribution in [1.82, 2.24) is 16.0 Å². The van der Waals surface area contributed by atoms with E-state index in [0.29, 0.717) is 19.4 Å². The molecular formula is C19H40Cl4N8O9. The molecule has 2 aliphatic rings. The molecule has 0 radical (unpaired) electrons. The second kappa shape index (κ2) is 20.3. The monoisotopic (exact) mass is 664 g/mol. The smallest absolute Gasteiger partial charge is 0.404 e. The lowest BCUT2D eigenvalue weighted by molar-refractivity contribution is -0.198. The second-order valence-corrected chi connectivity index (χ2v) is 8.54. The number of carbonyl (C=O) groups is 3. The van der Waals surface area contributed by atoms with Gasteiger partial charge in [-0.05, 0) is 19.4 Å². The van der Waals surface area contributed by atoms with E-state index in [9.17, 15) is 34.8 Å². The molecule has 2 amide bonds. The topological polar surface area (TPSA) is 303 Å². The minimum atomic E-state index is -1.62. The number of ether oxygens (including phenoxy) is 2. The van der Waals surface area contributed by atoms with Crippen molar-refractivity contribution in [3.8, 4) is 0 Å². The molecule has 9 atom stereocenters. The Kier molecular flexibility index (Phi) is 21.7. The Morgan fingerprint density at radius 2 is 1.80 bits per heavy atom. The number of aliphatic imine (C=N–C) groups is 1. The zero-order valence-corrected chi connectivity index (χ0v) is 24.4. The first-order valence-corrected chi connectivity index (χ1v) is 11.4. The highest BCUT2D eigenvalue weighted by Gasteiger charge is 2.49. The Hall–Kier alpha value is -1.64. The predicted molar refractivity (Wildman–Crippen MR) is 152 cm³/mol. The van der Waals surface area contributed by atoms with Crippen LogP contribution in [0.2, 0.25) is 0 Å². The molecule has 1 fully saturated rings. The van der Waals surface area contributed by atoms with Crippen LogP contribution in [-0.2, 0) is 19.1 Å². The van der Waals surface area contributed by atoms with Crippen LogP contribution in [0.4, 0.5) is 4.79 Å². The molecule has 0 bridgehead atoms. The van der Waals surface area contributed by atoms with Crippen LogP contribution < -0.4 is 38.9 Å². The third-order valence-corrected chi connectivity index (χ3v) is 5.80. The summed E-state index contributed by atoms with van der Waals surface area (Å²) in [6.07, 6.45) is -7.17. The molecule has 17 nitrogen and oxygen atoms in total. The summed E-state index contributed by atoms with van der Waals surface area (Å²) in [4.78, 5) is 39.5. The van der Waals surface area contributed by atoms with Gasteiger partial charge in [-0.2, -0.15) is 0 Å². The fourth-order valence-corrected chi connectivity index (χ4v) is 4.00. The Morgan fingerprint density at radius 1 is 1.18 bits per heavy atom. The molecule has 40 heavy (non-hydrogen) atoms. The Labute approximate surface area is 255 Å². The number of hydrogen-bond donors (Lipinski definition) is 11. The number of aliphatic carboxylic acids is 1. The van der Waals surface area contributed by atoms with Crippen molar-refractivity contribution in [2.75, 3.05) is 19.7 Å². The van der Waals surface area contributed by atoms with Gasteiger partial charge in [-0.1, -0.05) is 0 Å². The van der Waals surface area contributed by atoms with E-state index >= 15 is 0 Å². The van der Waals surface area contributed by atoms with Gasteiger partial charge in [0.25, 0.3) is 0 Å². The van der Waals surface area contributed by atoms with E-state index in [1.54, 1.807) is 0 Å². The number of carboxylic acids is 1. The number of nitrogens with one attached hydrogen (secondary N) is 3. The quantitative estimate of drug-likeness (QED) is 0.0943. The molecule has 0 spiro atoms. The number of carbonyl (C=O) groups excluding carboxylic acids is 2. The molecule has 2 heterocycles. The number of hydrogen-bond acceptors (Lipinski definition) is 14. The highest BCUT2D eigenvalue weighted by atomic mass is 35.5. The van der Waals surface area contributed by atoms with Gasteiger partial charge in [0.2, 0.25) is 5.91 Å². The third-order valence-electron chi connectivity index (χ3n) is 5.80. The number of nitrogens with zero attached hydrogens (tertiary/aromatic N) is 1. The molecule has 3 unspecified atom stereocenters. The van der Waals surface area contributed by atoms with Gasteiger partial charge in [0.15, 0.2) is 24.3 Å². The number of halogens is 4. The largest absolute Gasteiger partial charge is 0.480 e. The van der Waals surface area contributed by atoms with E-state index in [1.807, 2.05) is 0 Å². The fraction of sp³-hybridized carbons (Fsp3) is 0.789. The Bertz CT molecular complexity index is 822. The standard InChI is InChI=1S/C19H36N8O9.4ClH/c20-3-1-2-7(22)4-10(30)24-13-14(31)15(36-18(23)34)9(6-28)35-16(13)27-19-25-11(8(29)5-21)12(26-19)17(32)33;;;;/h7-9,11-16,28-29,31H,1-6,20-22H2,(H2,23,34)(H,24,30)(H,32,33)(H2,25,26,27);4*1H/t7?,8?,9-,11?,12+,13-,14-,15-,16-;;;;/m1..../s1. The fourth-order valence-electron chi connectivity index (χ4n) is 4.00. The molecular weight excluding hydrogens is 626 g/mol. The lowest BCUT2D eigenvalue weighted by Crippen LogP contribution is -2.69. The molecule has 0 aliphatic carbocycles. The van der Waals surface area contributed by atoms with Crippen LogP contribution in [0.25, 0.3) is 0 Å².